The Morgan fingerprint density at radius 2 is 2.31 bits per heavy atom. The number of hydrogen-bond donors (Lipinski definition) is 2. The molecule has 0 saturated carbocycles. The normalized spacial score (nSPS) is 24.4. The zero-order chi connectivity index (χ0) is 11.5. The van der Waals surface area contributed by atoms with E-state index in [4.69, 9.17) is 0 Å². The lowest BCUT2D eigenvalue weighted by Gasteiger charge is -2.13. The predicted octanol–water partition coefficient (Wildman–Crippen LogP) is 1.18. The standard InChI is InChI=1S/C12H17N3O/c1-8-5-13-7-11(8)12(16)15-10-4-3-9(2)14-6-10/h3-4,6,8,11,13H,5,7H2,1-2H3,(H,15,16). The molecule has 1 aliphatic rings. The first kappa shape index (κ1) is 11.1. The summed E-state index contributed by atoms with van der Waals surface area (Å²) in [5.74, 6) is 0.558. The molecule has 4 heteroatoms. The summed E-state index contributed by atoms with van der Waals surface area (Å²) in [5.41, 5.74) is 1.73. The average molecular weight is 219 g/mol. The van der Waals surface area contributed by atoms with Crippen LogP contribution in [0.5, 0.6) is 0 Å². The summed E-state index contributed by atoms with van der Waals surface area (Å²) >= 11 is 0. The Morgan fingerprint density at radius 3 is 2.88 bits per heavy atom. The molecule has 2 N–H and O–H groups in total. The Morgan fingerprint density at radius 1 is 1.50 bits per heavy atom. The monoisotopic (exact) mass is 219 g/mol. The van der Waals surface area contributed by atoms with Crippen LogP contribution >= 0.6 is 0 Å². The average Bonchev–Trinajstić information content (AvgIpc) is 2.68. The minimum atomic E-state index is 0.0707. The topological polar surface area (TPSA) is 54.0 Å². The number of anilines is 1. The summed E-state index contributed by atoms with van der Waals surface area (Å²) in [5, 5.41) is 6.12. The van der Waals surface area contributed by atoms with E-state index in [1.54, 1.807) is 6.20 Å². The van der Waals surface area contributed by atoms with Gasteiger partial charge in [-0.15, -0.1) is 0 Å². The van der Waals surface area contributed by atoms with E-state index in [2.05, 4.69) is 22.5 Å². The van der Waals surface area contributed by atoms with Crippen molar-refractivity contribution in [3.05, 3.63) is 24.0 Å². The van der Waals surface area contributed by atoms with Gasteiger partial charge in [-0.1, -0.05) is 6.92 Å². The van der Waals surface area contributed by atoms with Crippen molar-refractivity contribution >= 4 is 11.6 Å². The van der Waals surface area contributed by atoms with Crippen LogP contribution in [0.2, 0.25) is 0 Å². The largest absolute Gasteiger partial charge is 0.324 e. The predicted molar refractivity (Wildman–Crippen MR) is 63.1 cm³/mol. The van der Waals surface area contributed by atoms with Crippen LogP contribution < -0.4 is 10.6 Å². The number of aromatic nitrogens is 1. The fraction of sp³-hybridized carbons (Fsp3) is 0.500. The van der Waals surface area contributed by atoms with E-state index in [-0.39, 0.29) is 11.8 Å². The number of amides is 1. The third kappa shape index (κ3) is 2.39. The molecule has 4 nitrogen and oxygen atoms in total. The molecule has 0 aromatic carbocycles. The van der Waals surface area contributed by atoms with Crippen LogP contribution in [0.3, 0.4) is 0 Å². The molecule has 1 aliphatic heterocycles. The van der Waals surface area contributed by atoms with Gasteiger partial charge < -0.3 is 10.6 Å². The number of carbonyl (C=O) groups excluding carboxylic acids is 1. The maximum atomic E-state index is 11.9. The molecule has 1 amide bonds. The molecule has 1 saturated heterocycles. The number of pyridine rings is 1. The first-order valence-electron chi connectivity index (χ1n) is 5.61. The smallest absolute Gasteiger partial charge is 0.229 e. The third-order valence-corrected chi connectivity index (χ3v) is 3.03. The number of nitrogens with zero attached hydrogens (tertiary/aromatic N) is 1. The summed E-state index contributed by atoms with van der Waals surface area (Å²) in [6.45, 7) is 5.71. The van der Waals surface area contributed by atoms with Gasteiger partial charge in [0.15, 0.2) is 0 Å². The van der Waals surface area contributed by atoms with Crippen molar-refractivity contribution in [2.45, 2.75) is 13.8 Å². The minimum Gasteiger partial charge on any atom is -0.324 e. The first-order valence-corrected chi connectivity index (χ1v) is 5.61. The van der Waals surface area contributed by atoms with E-state index in [1.165, 1.54) is 0 Å². The van der Waals surface area contributed by atoms with Crippen LogP contribution in [0.4, 0.5) is 5.69 Å². The number of aryl methyl sites for hydroxylation is 1. The second-order valence-electron chi connectivity index (χ2n) is 4.42. The molecular weight excluding hydrogens is 202 g/mol. The second-order valence-corrected chi connectivity index (χ2v) is 4.42. The number of rotatable bonds is 2. The maximum Gasteiger partial charge on any atom is 0.229 e. The zero-order valence-corrected chi connectivity index (χ0v) is 9.66. The van der Waals surface area contributed by atoms with Gasteiger partial charge in [-0.2, -0.15) is 0 Å². The first-order chi connectivity index (χ1) is 7.66. The maximum absolute atomic E-state index is 11.9. The van der Waals surface area contributed by atoms with Crippen molar-refractivity contribution in [2.75, 3.05) is 18.4 Å². The van der Waals surface area contributed by atoms with Crippen LogP contribution in [0.1, 0.15) is 12.6 Å². The van der Waals surface area contributed by atoms with Crippen LogP contribution in [-0.4, -0.2) is 24.0 Å². The van der Waals surface area contributed by atoms with Crippen molar-refractivity contribution in [2.24, 2.45) is 11.8 Å². The van der Waals surface area contributed by atoms with Crippen LogP contribution in [0.25, 0.3) is 0 Å². The molecule has 1 fully saturated rings. The highest BCUT2D eigenvalue weighted by Gasteiger charge is 2.29. The van der Waals surface area contributed by atoms with E-state index in [1.807, 2.05) is 19.1 Å². The van der Waals surface area contributed by atoms with Crippen molar-refractivity contribution in [1.29, 1.82) is 0 Å². The van der Waals surface area contributed by atoms with E-state index in [9.17, 15) is 4.79 Å². The van der Waals surface area contributed by atoms with Gasteiger partial charge in [-0.05, 0) is 31.5 Å². The van der Waals surface area contributed by atoms with Gasteiger partial charge in [0.05, 0.1) is 17.8 Å². The van der Waals surface area contributed by atoms with Crippen molar-refractivity contribution in [1.82, 2.24) is 10.3 Å². The molecule has 0 aliphatic carbocycles. The molecule has 16 heavy (non-hydrogen) atoms. The molecule has 2 rings (SSSR count). The Bertz CT molecular complexity index is 374. The lowest BCUT2D eigenvalue weighted by molar-refractivity contribution is -0.120. The molecule has 1 aromatic heterocycles. The zero-order valence-electron chi connectivity index (χ0n) is 9.66. The summed E-state index contributed by atoms with van der Waals surface area (Å²) in [4.78, 5) is 16.1. The van der Waals surface area contributed by atoms with Gasteiger partial charge in [0.25, 0.3) is 0 Å². The number of hydrogen-bond acceptors (Lipinski definition) is 3. The van der Waals surface area contributed by atoms with E-state index in [0.717, 1.165) is 24.5 Å². The molecule has 2 unspecified atom stereocenters. The van der Waals surface area contributed by atoms with E-state index >= 15 is 0 Å². The van der Waals surface area contributed by atoms with Crippen molar-refractivity contribution in [3.63, 3.8) is 0 Å². The molecular formula is C12H17N3O. The van der Waals surface area contributed by atoms with Gasteiger partial charge in [0.2, 0.25) is 5.91 Å². The van der Waals surface area contributed by atoms with Crippen LogP contribution in [0, 0.1) is 18.8 Å². The fourth-order valence-electron chi connectivity index (χ4n) is 1.94. The lowest BCUT2D eigenvalue weighted by atomic mass is 9.97. The summed E-state index contributed by atoms with van der Waals surface area (Å²) < 4.78 is 0. The van der Waals surface area contributed by atoms with Gasteiger partial charge >= 0.3 is 0 Å². The van der Waals surface area contributed by atoms with Crippen LogP contribution in [0.15, 0.2) is 18.3 Å². The molecule has 2 heterocycles. The molecule has 2 atom stereocenters. The quantitative estimate of drug-likeness (QED) is 0.785. The molecule has 0 radical (unpaired) electrons. The highest BCUT2D eigenvalue weighted by Crippen LogP contribution is 2.18. The third-order valence-electron chi connectivity index (χ3n) is 3.03. The molecule has 86 valence electrons. The van der Waals surface area contributed by atoms with Crippen LogP contribution in [-0.2, 0) is 4.79 Å². The van der Waals surface area contributed by atoms with Crippen molar-refractivity contribution < 1.29 is 4.79 Å². The fourth-order valence-corrected chi connectivity index (χ4v) is 1.94. The van der Waals surface area contributed by atoms with E-state index in [0.29, 0.717) is 5.92 Å². The Balaban J connectivity index is 1.99. The number of carbonyl (C=O) groups is 1. The lowest BCUT2D eigenvalue weighted by Crippen LogP contribution is -2.27. The van der Waals surface area contributed by atoms with Gasteiger partial charge in [-0.3, -0.25) is 9.78 Å². The summed E-state index contributed by atoms with van der Waals surface area (Å²) in [6, 6.07) is 3.78. The minimum absolute atomic E-state index is 0.0707. The highest BCUT2D eigenvalue weighted by atomic mass is 16.1. The number of nitrogens with one attached hydrogen (secondary N) is 2. The molecule has 0 spiro atoms. The summed E-state index contributed by atoms with van der Waals surface area (Å²) in [7, 11) is 0. The van der Waals surface area contributed by atoms with Gasteiger partial charge in [0.1, 0.15) is 0 Å². The Hall–Kier alpha value is -1.42. The Labute approximate surface area is 95.5 Å². The molecule has 1 aromatic rings. The SMILES string of the molecule is Cc1ccc(NC(=O)C2CNCC2C)cn1. The highest BCUT2D eigenvalue weighted by molar-refractivity contribution is 5.92. The summed E-state index contributed by atoms with van der Waals surface area (Å²) in [6.07, 6.45) is 1.69. The van der Waals surface area contributed by atoms with Gasteiger partial charge in [0, 0.05) is 12.2 Å². The second kappa shape index (κ2) is 4.61. The van der Waals surface area contributed by atoms with Crippen molar-refractivity contribution in [3.8, 4) is 0 Å². The van der Waals surface area contributed by atoms with E-state index < -0.39 is 0 Å². The molecule has 0 bridgehead atoms. The Kier molecular flexibility index (Phi) is 3.19. The van der Waals surface area contributed by atoms with Gasteiger partial charge in [-0.25, -0.2) is 0 Å².